The molecular weight excluding hydrogens is 350 g/mol. The average molecular weight is 379 g/mol. The summed E-state index contributed by atoms with van der Waals surface area (Å²) in [4.78, 5) is 14.4. The van der Waals surface area contributed by atoms with Crippen LogP contribution < -0.4 is 0 Å². The van der Waals surface area contributed by atoms with Gasteiger partial charge in [-0.15, -0.1) is 0 Å². The second-order valence-corrected chi connectivity index (χ2v) is 7.28. The summed E-state index contributed by atoms with van der Waals surface area (Å²) in [5, 5.41) is 11.0. The predicted octanol–water partition coefficient (Wildman–Crippen LogP) is 1.97. The molecule has 2 heterocycles. The summed E-state index contributed by atoms with van der Waals surface area (Å²) in [6.07, 6.45) is 1.14. The molecule has 27 heavy (non-hydrogen) atoms. The Morgan fingerprint density at radius 2 is 1.89 bits per heavy atom. The topological polar surface area (TPSA) is 77.5 Å². The fraction of sp³-hybridized carbons (Fsp3) is 0.650. The lowest BCUT2D eigenvalue weighted by atomic mass is 9.79. The van der Waals surface area contributed by atoms with E-state index in [1.165, 1.54) is 0 Å². The maximum Gasteiger partial charge on any atom is 0.410 e. The van der Waals surface area contributed by atoms with Crippen LogP contribution in [0.3, 0.4) is 0 Å². The Bertz CT molecular complexity index is 581. The van der Waals surface area contributed by atoms with Gasteiger partial charge in [0.05, 0.1) is 44.1 Å². The second-order valence-electron chi connectivity index (χ2n) is 7.28. The van der Waals surface area contributed by atoms with Gasteiger partial charge in [-0.05, 0) is 24.8 Å². The van der Waals surface area contributed by atoms with Crippen molar-refractivity contribution in [2.24, 2.45) is 0 Å². The summed E-state index contributed by atoms with van der Waals surface area (Å²) in [6.45, 7) is 2.61. The van der Waals surface area contributed by atoms with Gasteiger partial charge in [-0.25, -0.2) is 4.79 Å². The molecule has 2 fully saturated rings. The zero-order valence-corrected chi connectivity index (χ0v) is 15.8. The Morgan fingerprint density at radius 3 is 2.56 bits per heavy atom. The molecule has 7 nitrogen and oxygen atoms in total. The zero-order chi connectivity index (χ0) is 19.1. The highest BCUT2D eigenvalue weighted by Gasteiger charge is 2.48. The SMILES string of the molecule is COCCOCCC1(O)CC2COCC(C1)N2C(=O)OCc1ccccc1. The Balaban J connectivity index is 1.53. The molecule has 0 aromatic heterocycles. The number of methoxy groups -OCH3 is 1. The lowest BCUT2D eigenvalue weighted by molar-refractivity contribution is -0.140. The number of fused-ring (bicyclic) bond motifs is 2. The van der Waals surface area contributed by atoms with Crippen LogP contribution in [0.25, 0.3) is 0 Å². The number of amides is 1. The van der Waals surface area contributed by atoms with Crippen LogP contribution in [0.1, 0.15) is 24.8 Å². The van der Waals surface area contributed by atoms with Crippen molar-refractivity contribution in [3.05, 3.63) is 35.9 Å². The summed E-state index contributed by atoms with van der Waals surface area (Å²) < 4.78 is 21.6. The highest BCUT2D eigenvalue weighted by atomic mass is 16.6. The van der Waals surface area contributed by atoms with Crippen molar-refractivity contribution in [2.45, 2.75) is 43.6 Å². The van der Waals surface area contributed by atoms with E-state index < -0.39 is 5.60 Å². The number of aliphatic hydroxyl groups is 1. The van der Waals surface area contributed by atoms with E-state index in [0.29, 0.717) is 52.3 Å². The fourth-order valence-electron chi connectivity index (χ4n) is 3.88. The molecule has 1 aromatic carbocycles. The van der Waals surface area contributed by atoms with Crippen molar-refractivity contribution >= 4 is 6.09 Å². The molecule has 150 valence electrons. The lowest BCUT2D eigenvalue weighted by Gasteiger charge is -2.50. The maximum atomic E-state index is 12.7. The van der Waals surface area contributed by atoms with Gasteiger partial charge in [-0.1, -0.05) is 30.3 Å². The molecule has 0 spiro atoms. The predicted molar refractivity (Wildman–Crippen MR) is 98.4 cm³/mol. The van der Waals surface area contributed by atoms with Gasteiger partial charge >= 0.3 is 6.09 Å². The van der Waals surface area contributed by atoms with Crippen molar-refractivity contribution in [3.63, 3.8) is 0 Å². The maximum absolute atomic E-state index is 12.7. The first-order chi connectivity index (χ1) is 13.1. The third-order valence-electron chi connectivity index (χ3n) is 5.20. The number of morpholine rings is 1. The van der Waals surface area contributed by atoms with E-state index in [9.17, 15) is 9.90 Å². The number of nitrogens with zero attached hydrogens (tertiary/aromatic N) is 1. The van der Waals surface area contributed by atoms with Gasteiger partial charge in [0.15, 0.2) is 0 Å². The summed E-state index contributed by atoms with van der Waals surface area (Å²) >= 11 is 0. The normalized spacial score (nSPS) is 27.4. The molecule has 2 bridgehead atoms. The third-order valence-corrected chi connectivity index (χ3v) is 5.20. The van der Waals surface area contributed by atoms with Gasteiger partial charge in [0.1, 0.15) is 6.61 Å². The molecule has 1 aromatic rings. The van der Waals surface area contributed by atoms with Crippen molar-refractivity contribution in [2.75, 3.05) is 40.1 Å². The molecule has 0 aliphatic carbocycles. The fourth-order valence-corrected chi connectivity index (χ4v) is 3.88. The molecular formula is C20H29NO6. The number of piperidine rings is 1. The van der Waals surface area contributed by atoms with E-state index in [-0.39, 0.29) is 24.8 Å². The summed E-state index contributed by atoms with van der Waals surface area (Å²) in [7, 11) is 1.63. The summed E-state index contributed by atoms with van der Waals surface area (Å²) in [6, 6.07) is 9.26. The number of rotatable bonds is 8. The average Bonchev–Trinajstić information content (AvgIpc) is 2.66. The highest BCUT2D eigenvalue weighted by molar-refractivity contribution is 5.69. The molecule has 2 aliphatic heterocycles. The van der Waals surface area contributed by atoms with Crippen molar-refractivity contribution in [1.29, 1.82) is 0 Å². The van der Waals surface area contributed by atoms with Gasteiger partial charge in [0.2, 0.25) is 0 Å². The Labute approximate surface area is 160 Å². The first kappa shape index (κ1) is 20.1. The standard InChI is InChI=1S/C20H29NO6/c1-24-9-10-25-8-7-20(23)11-17-14-26-15-18(12-20)21(17)19(22)27-13-16-5-3-2-4-6-16/h2-6,17-18,23H,7-15H2,1H3. The van der Waals surface area contributed by atoms with Gasteiger partial charge in [-0.2, -0.15) is 0 Å². The van der Waals surface area contributed by atoms with Gasteiger partial charge < -0.3 is 24.1 Å². The van der Waals surface area contributed by atoms with Gasteiger partial charge in [-0.3, -0.25) is 4.90 Å². The van der Waals surface area contributed by atoms with Crippen LogP contribution in [-0.2, 0) is 25.6 Å². The summed E-state index contributed by atoms with van der Waals surface area (Å²) in [5.74, 6) is 0. The van der Waals surface area contributed by atoms with Crippen molar-refractivity contribution in [3.8, 4) is 0 Å². The number of carbonyl (C=O) groups is 1. The molecule has 1 N–H and O–H groups in total. The summed E-state index contributed by atoms with van der Waals surface area (Å²) in [5.41, 5.74) is 0.108. The molecule has 0 radical (unpaired) electrons. The minimum Gasteiger partial charge on any atom is -0.445 e. The monoisotopic (exact) mass is 379 g/mol. The van der Waals surface area contributed by atoms with E-state index in [1.54, 1.807) is 12.0 Å². The second kappa shape index (κ2) is 9.50. The first-order valence-corrected chi connectivity index (χ1v) is 9.47. The van der Waals surface area contributed by atoms with E-state index in [0.717, 1.165) is 5.56 Å². The van der Waals surface area contributed by atoms with Crippen LogP contribution in [0.15, 0.2) is 30.3 Å². The number of carbonyl (C=O) groups excluding carboxylic acids is 1. The molecule has 2 unspecified atom stereocenters. The van der Waals surface area contributed by atoms with Crippen molar-refractivity contribution < 1.29 is 28.8 Å². The number of hydrogen-bond donors (Lipinski definition) is 1. The Hall–Kier alpha value is -1.67. The number of hydrogen-bond acceptors (Lipinski definition) is 6. The molecule has 3 rings (SSSR count). The van der Waals surface area contributed by atoms with Crippen LogP contribution in [0.4, 0.5) is 4.79 Å². The molecule has 1 amide bonds. The Kier molecular flexibility index (Phi) is 7.07. The van der Waals surface area contributed by atoms with Gasteiger partial charge in [0, 0.05) is 13.7 Å². The lowest BCUT2D eigenvalue weighted by Crippen LogP contribution is -2.63. The Morgan fingerprint density at radius 1 is 1.19 bits per heavy atom. The van der Waals surface area contributed by atoms with Crippen LogP contribution in [-0.4, -0.2) is 73.9 Å². The molecule has 2 aliphatic rings. The van der Waals surface area contributed by atoms with E-state index in [1.807, 2.05) is 30.3 Å². The largest absolute Gasteiger partial charge is 0.445 e. The zero-order valence-electron chi connectivity index (χ0n) is 15.8. The minimum absolute atomic E-state index is 0.176. The van der Waals surface area contributed by atoms with Crippen molar-refractivity contribution in [1.82, 2.24) is 4.90 Å². The molecule has 2 saturated heterocycles. The smallest absolute Gasteiger partial charge is 0.410 e. The molecule has 2 atom stereocenters. The van der Waals surface area contributed by atoms with Crippen LogP contribution in [0.2, 0.25) is 0 Å². The molecule has 0 saturated carbocycles. The minimum atomic E-state index is -0.845. The van der Waals surface area contributed by atoms with E-state index >= 15 is 0 Å². The van der Waals surface area contributed by atoms with Crippen LogP contribution >= 0.6 is 0 Å². The highest BCUT2D eigenvalue weighted by Crippen LogP contribution is 2.37. The van der Waals surface area contributed by atoms with Crippen LogP contribution in [0.5, 0.6) is 0 Å². The van der Waals surface area contributed by atoms with E-state index in [2.05, 4.69) is 0 Å². The number of benzene rings is 1. The first-order valence-electron chi connectivity index (χ1n) is 9.47. The number of ether oxygens (including phenoxy) is 4. The van der Waals surface area contributed by atoms with E-state index in [4.69, 9.17) is 18.9 Å². The molecule has 7 heteroatoms. The third kappa shape index (κ3) is 5.42. The van der Waals surface area contributed by atoms with Crippen LogP contribution in [0, 0.1) is 0 Å². The quantitative estimate of drug-likeness (QED) is 0.696. The van der Waals surface area contributed by atoms with Gasteiger partial charge in [0.25, 0.3) is 0 Å².